The van der Waals surface area contributed by atoms with E-state index in [1.807, 2.05) is 29.5 Å². The molecule has 0 saturated carbocycles. The molecular weight excluding hydrogens is 658 g/mol. The summed E-state index contributed by atoms with van der Waals surface area (Å²) in [5.41, 5.74) is 2.09. The van der Waals surface area contributed by atoms with Crippen LogP contribution in [0.2, 0.25) is 10.0 Å². The number of nitrogens with one attached hydrogen (secondary N) is 1. The van der Waals surface area contributed by atoms with E-state index in [0.717, 1.165) is 17.3 Å². The molecule has 1 aliphatic rings. The summed E-state index contributed by atoms with van der Waals surface area (Å²) in [6, 6.07) is 14.5. The van der Waals surface area contributed by atoms with Crippen LogP contribution in [0, 0.1) is 10.5 Å². The monoisotopic (exact) mass is 674 g/mol. The summed E-state index contributed by atoms with van der Waals surface area (Å²) in [6.45, 7) is 1.86. The number of benzene rings is 3. The van der Waals surface area contributed by atoms with Gasteiger partial charge in [-0.05, 0) is 95.4 Å². The second kappa shape index (κ2) is 11.0. The van der Waals surface area contributed by atoms with E-state index < -0.39 is 10.1 Å². The van der Waals surface area contributed by atoms with E-state index >= 15 is 0 Å². The number of hydrogen-bond donors (Lipinski definition) is 1. The minimum absolute atomic E-state index is 0.0324. The number of rotatable bonds is 6. The van der Waals surface area contributed by atoms with Gasteiger partial charge in [0.1, 0.15) is 4.90 Å². The van der Waals surface area contributed by atoms with Gasteiger partial charge in [-0.2, -0.15) is 8.42 Å². The highest BCUT2D eigenvalue weighted by atomic mass is 127. The zero-order chi connectivity index (χ0) is 26.0. The first kappa shape index (κ1) is 26.8. The number of amidine groups is 1. The van der Waals surface area contributed by atoms with Crippen LogP contribution in [0.25, 0.3) is 6.08 Å². The van der Waals surface area contributed by atoms with Crippen molar-refractivity contribution in [3.63, 3.8) is 0 Å². The maximum atomic E-state index is 12.8. The lowest BCUT2D eigenvalue weighted by Gasteiger charge is -2.13. The first-order valence-corrected chi connectivity index (χ1v) is 14.2. The second-order valence-corrected chi connectivity index (χ2v) is 12.0. The van der Waals surface area contributed by atoms with Gasteiger partial charge in [-0.3, -0.25) is 4.79 Å². The van der Waals surface area contributed by atoms with Gasteiger partial charge in [-0.15, -0.1) is 0 Å². The van der Waals surface area contributed by atoms with Crippen LogP contribution in [-0.2, 0) is 14.9 Å². The Morgan fingerprint density at radius 2 is 1.78 bits per heavy atom. The third-order valence-electron chi connectivity index (χ3n) is 4.84. The largest absolute Gasteiger partial charge is 0.493 e. The summed E-state index contributed by atoms with van der Waals surface area (Å²) in [7, 11) is -2.66. The summed E-state index contributed by atoms with van der Waals surface area (Å²) in [4.78, 5) is 17.3. The molecule has 1 N–H and O–H groups in total. The summed E-state index contributed by atoms with van der Waals surface area (Å²) in [6.07, 6.45) is 1.65. The second-order valence-electron chi connectivity index (χ2n) is 7.46. The van der Waals surface area contributed by atoms with E-state index in [1.165, 1.54) is 19.2 Å². The predicted molar refractivity (Wildman–Crippen MR) is 152 cm³/mol. The number of carbonyl (C=O) groups excluding carboxylic acids is 1. The van der Waals surface area contributed by atoms with Crippen molar-refractivity contribution in [1.82, 2.24) is 5.32 Å². The molecule has 1 saturated heterocycles. The average Bonchev–Trinajstić information content (AvgIpc) is 3.16. The fourth-order valence-corrected chi connectivity index (χ4v) is 6.05. The number of aliphatic imine (C=N–C) groups is 1. The smallest absolute Gasteiger partial charge is 0.339 e. The molecule has 1 heterocycles. The molecule has 1 fully saturated rings. The molecule has 0 spiro atoms. The summed E-state index contributed by atoms with van der Waals surface area (Å²) in [5, 5.41) is 3.86. The molecule has 7 nitrogen and oxygen atoms in total. The molecule has 3 aromatic rings. The molecule has 0 unspecified atom stereocenters. The van der Waals surface area contributed by atoms with Crippen LogP contribution in [-0.4, -0.2) is 26.6 Å². The first-order chi connectivity index (χ1) is 17.1. The van der Waals surface area contributed by atoms with E-state index in [0.29, 0.717) is 34.9 Å². The SMILES string of the molecule is COc1cc(/C=C2/SC(=Nc3ccc(Cl)c(Cl)c3)NC2=O)cc(I)c1OS(=O)(=O)c1ccc(C)cc1. The number of carbonyl (C=O) groups is 1. The quantitative estimate of drug-likeness (QED) is 0.181. The van der Waals surface area contributed by atoms with Gasteiger partial charge in [0.15, 0.2) is 16.7 Å². The van der Waals surface area contributed by atoms with E-state index in [-0.39, 0.29) is 22.3 Å². The van der Waals surface area contributed by atoms with E-state index in [9.17, 15) is 13.2 Å². The van der Waals surface area contributed by atoms with E-state index in [4.69, 9.17) is 32.1 Å². The number of ether oxygens (including phenoxy) is 1. The fourth-order valence-electron chi connectivity index (χ4n) is 3.07. The topological polar surface area (TPSA) is 94.1 Å². The van der Waals surface area contributed by atoms with Crippen LogP contribution < -0.4 is 14.2 Å². The molecule has 0 atom stereocenters. The van der Waals surface area contributed by atoms with E-state index in [1.54, 1.807) is 48.5 Å². The van der Waals surface area contributed by atoms with Crippen LogP contribution in [0.5, 0.6) is 11.5 Å². The molecular formula is C24H17Cl2IN2O5S2. The fraction of sp³-hybridized carbons (Fsp3) is 0.0833. The number of hydrogen-bond acceptors (Lipinski definition) is 7. The van der Waals surface area contributed by atoms with Crippen LogP contribution in [0.3, 0.4) is 0 Å². The maximum absolute atomic E-state index is 12.8. The average molecular weight is 675 g/mol. The van der Waals surface area contributed by atoms with Crippen LogP contribution in [0.4, 0.5) is 5.69 Å². The van der Waals surface area contributed by atoms with Gasteiger partial charge >= 0.3 is 10.1 Å². The van der Waals surface area contributed by atoms with Gasteiger partial charge in [0.25, 0.3) is 5.91 Å². The molecule has 1 aliphatic heterocycles. The maximum Gasteiger partial charge on any atom is 0.339 e. The molecule has 12 heteroatoms. The highest BCUT2D eigenvalue weighted by molar-refractivity contribution is 14.1. The molecule has 4 rings (SSSR count). The summed E-state index contributed by atoms with van der Waals surface area (Å²) in [5.74, 6) is -0.0566. The van der Waals surface area contributed by atoms with Crippen molar-refractivity contribution in [2.75, 3.05) is 7.11 Å². The number of nitrogens with zero attached hydrogens (tertiary/aromatic N) is 1. The van der Waals surface area contributed by atoms with Gasteiger partial charge in [-0.1, -0.05) is 40.9 Å². The molecule has 0 radical (unpaired) electrons. The summed E-state index contributed by atoms with van der Waals surface area (Å²) < 4.78 is 36.9. The standard InChI is InChI=1S/C24H17Cl2IN2O5S2/c1-13-3-6-16(7-4-13)36(31,32)34-22-19(27)9-14(10-20(22)33-2)11-21-23(30)29-24(35-21)28-15-5-8-17(25)18(26)12-15/h3-12H,1-2H3,(H,28,29,30)/b21-11+. The third kappa shape index (κ3) is 6.17. The van der Waals surface area contributed by atoms with Crippen molar-refractivity contribution in [3.8, 4) is 11.5 Å². The van der Waals surface area contributed by atoms with Crippen molar-refractivity contribution in [1.29, 1.82) is 0 Å². The lowest BCUT2D eigenvalue weighted by molar-refractivity contribution is -0.115. The normalized spacial score (nSPS) is 15.9. The summed E-state index contributed by atoms with van der Waals surface area (Å²) >= 11 is 15.1. The van der Waals surface area contributed by atoms with Crippen molar-refractivity contribution >= 4 is 90.5 Å². The Kier molecular flexibility index (Phi) is 8.20. The Morgan fingerprint density at radius 3 is 2.44 bits per heavy atom. The van der Waals surface area contributed by atoms with Gasteiger partial charge < -0.3 is 14.2 Å². The van der Waals surface area contributed by atoms with Gasteiger partial charge in [0, 0.05) is 0 Å². The molecule has 0 bridgehead atoms. The highest BCUT2D eigenvalue weighted by Gasteiger charge is 2.25. The van der Waals surface area contributed by atoms with Crippen molar-refractivity contribution < 1.29 is 22.1 Å². The van der Waals surface area contributed by atoms with E-state index in [2.05, 4.69) is 10.3 Å². The van der Waals surface area contributed by atoms with Crippen molar-refractivity contribution in [3.05, 3.63) is 84.2 Å². The Hall–Kier alpha value is -2.25. The van der Waals surface area contributed by atoms with Crippen molar-refractivity contribution in [2.24, 2.45) is 4.99 Å². The van der Waals surface area contributed by atoms with Gasteiger partial charge in [0.05, 0.1) is 31.3 Å². The minimum Gasteiger partial charge on any atom is -0.493 e. The number of halogens is 3. The lowest BCUT2D eigenvalue weighted by Crippen LogP contribution is -2.19. The predicted octanol–water partition coefficient (Wildman–Crippen LogP) is 6.57. The Bertz CT molecular complexity index is 1520. The molecule has 3 aromatic carbocycles. The van der Waals surface area contributed by atoms with Gasteiger partial charge in [0.2, 0.25) is 0 Å². The molecule has 186 valence electrons. The number of methoxy groups -OCH3 is 1. The minimum atomic E-state index is -4.07. The molecule has 0 aromatic heterocycles. The highest BCUT2D eigenvalue weighted by Crippen LogP contribution is 2.38. The zero-order valence-corrected chi connectivity index (χ0v) is 24.0. The first-order valence-electron chi connectivity index (χ1n) is 10.2. The lowest BCUT2D eigenvalue weighted by atomic mass is 10.2. The zero-order valence-electron chi connectivity index (χ0n) is 18.7. The van der Waals surface area contributed by atoms with Crippen LogP contribution >= 0.6 is 57.6 Å². The Balaban J connectivity index is 1.60. The number of aryl methyl sites for hydroxylation is 1. The molecule has 0 aliphatic carbocycles. The Labute approximate surface area is 236 Å². The molecule has 36 heavy (non-hydrogen) atoms. The number of amides is 1. The molecule has 1 amide bonds. The Morgan fingerprint density at radius 1 is 1.06 bits per heavy atom. The third-order valence-corrected chi connectivity index (χ3v) is 8.52. The van der Waals surface area contributed by atoms with Crippen molar-refractivity contribution in [2.45, 2.75) is 11.8 Å². The number of thioether (sulfide) groups is 1. The van der Waals surface area contributed by atoms with Crippen LogP contribution in [0.1, 0.15) is 11.1 Å². The van der Waals surface area contributed by atoms with Crippen LogP contribution in [0.15, 0.2) is 69.4 Å². The van der Waals surface area contributed by atoms with Gasteiger partial charge in [-0.25, -0.2) is 4.99 Å².